The normalized spacial score (nSPS) is 23.3. The Labute approximate surface area is 234 Å². The quantitative estimate of drug-likeness (QED) is 0.288. The van der Waals surface area contributed by atoms with Crippen molar-refractivity contribution < 1.29 is 19.1 Å². The summed E-state index contributed by atoms with van der Waals surface area (Å²) in [5.41, 5.74) is 6.99. The lowest BCUT2D eigenvalue weighted by Crippen LogP contribution is -2.52. The first-order valence-corrected chi connectivity index (χ1v) is 13.2. The zero-order valence-corrected chi connectivity index (χ0v) is 23.5. The van der Waals surface area contributed by atoms with Gasteiger partial charge in [0.25, 0.3) is 0 Å². The van der Waals surface area contributed by atoms with Crippen LogP contribution < -0.4 is 16.4 Å². The van der Waals surface area contributed by atoms with E-state index in [1.54, 1.807) is 24.4 Å². The fourth-order valence-electron chi connectivity index (χ4n) is 5.09. The Morgan fingerprint density at radius 3 is 2.45 bits per heavy atom. The molecule has 0 saturated carbocycles. The van der Waals surface area contributed by atoms with Gasteiger partial charge in [-0.3, -0.25) is 9.78 Å². The van der Waals surface area contributed by atoms with Crippen LogP contribution >= 0.6 is 27.5 Å². The minimum absolute atomic E-state index is 0.0729. The Balaban J connectivity index is 1.84. The molecule has 1 aliphatic heterocycles. The maximum atomic E-state index is 15.6. The summed E-state index contributed by atoms with van der Waals surface area (Å²) >= 11 is 9.59. The van der Waals surface area contributed by atoms with Crippen LogP contribution in [0, 0.1) is 11.2 Å². The number of hydrogen-bond acceptors (Lipinski definition) is 5. The molecule has 1 aromatic heterocycles. The molecule has 200 valence electrons. The summed E-state index contributed by atoms with van der Waals surface area (Å²) in [4.78, 5) is 29.6. The molecular weight excluding hydrogens is 575 g/mol. The Hall–Kier alpha value is -2.85. The van der Waals surface area contributed by atoms with Crippen LogP contribution in [0.2, 0.25) is 5.02 Å². The van der Waals surface area contributed by atoms with E-state index >= 15 is 4.39 Å². The van der Waals surface area contributed by atoms with Crippen molar-refractivity contribution in [3.8, 4) is 0 Å². The van der Waals surface area contributed by atoms with E-state index in [1.807, 2.05) is 6.07 Å². The predicted octanol–water partition coefficient (Wildman–Crippen LogP) is 5.69. The number of carbonyl (C=O) groups is 2. The van der Waals surface area contributed by atoms with E-state index in [-0.39, 0.29) is 21.6 Å². The minimum Gasteiger partial charge on any atom is -0.478 e. The van der Waals surface area contributed by atoms with Gasteiger partial charge >= 0.3 is 5.97 Å². The van der Waals surface area contributed by atoms with Crippen molar-refractivity contribution in [3.05, 3.63) is 92.9 Å². The van der Waals surface area contributed by atoms with Gasteiger partial charge in [-0.05, 0) is 75.8 Å². The molecule has 1 fully saturated rings. The van der Waals surface area contributed by atoms with Crippen molar-refractivity contribution in [1.29, 1.82) is 0 Å². The predicted molar refractivity (Wildman–Crippen MR) is 149 cm³/mol. The molecule has 4 atom stereocenters. The van der Waals surface area contributed by atoms with Gasteiger partial charge in [-0.25, -0.2) is 9.18 Å². The van der Waals surface area contributed by atoms with Crippen LogP contribution in [0.4, 0.5) is 10.1 Å². The second-order valence-electron chi connectivity index (χ2n) is 10.7. The third-order valence-corrected chi connectivity index (χ3v) is 7.55. The number of carboxylic acid groups (broad SMARTS) is 1. The lowest BCUT2D eigenvalue weighted by atomic mass is 9.70. The van der Waals surface area contributed by atoms with Crippen molar-refractivity contribution in [1.82, 2.24) is 10.3 Å². The van der Waals surface area contributed by atoms with Crippen molar-refractivity contribution in [2.45, 2.75) is 50.7 Å². The fraction of sp³-hybridized carbons (Fsp3) is 0.321. The molecule has 1 amide bonds. The minimum atomic E-state index is -1.28. The zero-order chi connectivity index (χ0) is 27.8. The van der Waals surface area contributed by atoms with Gasteiger partial charge in [0, 0.05) is 28.3 Å². The molecule has 1 saturated heterocycles. The maximum absolute atomic E-state index is 15.6. The number of pyridine rings is 1. The number of benzene rings is 2. The molecule has 0 radical (unpaired) electrons. The van der Waals surface area contributed by atoms with Gasteiger partial charge in [-0.1, -0.05) is 44.5 Å². The topological polar surface area (TPSA) is 117 Å². The lowest BCUT2D eigenvalue weighted by molar-refractivity contribution is -0.118. The maximum Gasteiger partial charge on any atom is 0.335 e. The Bertz CT molecular complexity index is 1350. The van der Waals surface area contributed by atoms with Crippen LogP contribution in [0.1, 0.15) is 54.7 Å². The number of nitrogens with zero attached hydrogens (tertiary/aromatic N) is 1. The number of aromatic nitrogens is 1. The summed E-state index contributed by atoms with van der Waals surface area (Å²) < 4.78 is 16.4. The summed E-state index contributed by atoms with van der Waals surface area (Å²) in [7, 11) is 0. The number of halogens is 3. The van der Waals surface area contributed by atoms with Gasteiger partial charge in [0.05, 0.1) is 27.9 Å². The van der Waals surface area contributed by atoms with E-state index in [4.69, 9.17) is 17.3 Å². The Morgan fingerprint density at radius 2 is 1.87 bits per heavy atom. The van der Waals surface area contributed by atoms with Crippen LogP contribution in [0.15, 0.2) is 65.3 Å². The van der Waals surface area contributed by atoms with Crippen molar-refractivity contribution >= 4 is 45.1 Å². The third-order valence-electron chi connectivity index (χ3n) is 6.79. The average Bonchev–Trinajstić information content (AvgIpc) is 3.13. The summed E-state index contributed by atoms with van der Waals surface area (Å²) in [6.07, 6.45) is 2.19. The van der Waals surface area contributed by atoms with E-state index in [1.165, 1.54) is 30.3 Å². The molecule has 3 aromatic rings. The number of amides is 1. The molecule has 10 heteroatoms. The van der Waals surface area contributed by atoms with Crippen LogP contribution in [0.3, 0.4) is 0 Å². The highest BCUT2D eigenvalue weighted by Gasteiger charge is 2.58. The summed E-state index contributed by atoms with van der Waals surface area (Å²) in [6.45, 7) is 6.20. The largest absolute Gasteiger partial charge is 0.478 e. The Kier molecular flexibility index (Phi) is 7.95. The molecular formula is C28H29BrClFN4O3. The number of nitrogens with two attached hydrogens (primary N) is 1. The summed E-state index contributed by atoms with van der Waals surface area (Å²) in [6, 6.07) is 12.7. The highest BCUT2D eigenvalue weighted by atomic mass is 79.9. The Morgan fingerprint density at radius 1 is 1.18 bits per heavy atom. The number of hydrogen-bond donors (Lipinski definition) is 4. The first-order valence-electron chi connectivity index (χ1n) is 12.1. The first-order chi connectivity index (χ1) is 17.8. The molecule has 38 heavy (non-hydrogen) atoms. The van der Waals surface area contributed by atoms with Crippen LogP contribution in [0.25, 0.3) is 0 Å². The number of anilines is 1. The van der Waals surface area contributed by atoms with E-state index in [0.717, 1.165) is 4.47 Å². The van der Waals surface area contributed by atoms with Gasteiger partial charge in [0.1, 0.15) is 5.82 Å². The third kappa shape index (κ3) is 5.61. The van der Waals surface area contributed by atoms with Gasteiger partial charge < -0.3 is 21.5 Å². The summed E-state index contributed by atoms with van der Waals surface area (Å²) in [5.74, 6) is -3.04. The van der Waals surface area contributed by atoms with Gasteiger partial charge in [0.15, 0.2) is 0 Å². The molecule has 2 aromatic carbocycles. The highest BCUT2D eigenvalue weighted by Crippen LogP contribution is 2.48. The van der Waals surface area contributed by atoms with E-state index in [0.29, 0.717) is 17.8 Å². The SMILES string of the molecule is CC(C)(C)C[C@@H]1N[C@@H](C(=O)Nc2ccc(C(=O)O)cc2)[C@H](c2cccc(Cl)c2F)[C@@]1(N)c1ccc(Br)cn1. The molecule has 0 spiro atoms. The molecule has 2 heterocycles. The second-order valence-corrected chi connectivity index (χ2v) is 12.1. The number of carboxylic acids is 1. The smallest absolute Gasteiger partial charge is 0.335 e. The molecule has 0 aliphatic carbocycles. The van der Waals surface area contributed by atoms with Gasteiger partial charge in [-0.15, -0.1) is 0 Å². The van der Waals surface area contributed by atoms with E-state index in [9.17, 15) is 14.7 Å². The summed E-state index contributed by atoms with van der Waals surface area (Å²) in [5, 5.41) is 15.3. The lowest BCUT2D eigenvalue weighted by Gasteiger charge is -2.38. The zero-order valence-electron chi connectivity index (χ0n) is 21.1. The number of rotatable bonds is 6. The monoisotopic (exact) mass is 602 g/mol. The van der Waals surface area contributed by atoms with Crippen molar-refractivity contribution in [3.63, 3.8) is 0 Å². The van der Waals surface area contributed by atoms with E-state index < -0.39 is 41.2 Å². The standard InChI is InChI=1S/C28H29BrClFN4O3/c1-27(2,3)13-21-28(32,20-12-9-16(29)14-33-20)22(18-5-4-6-19(30)23(18)31)24(35-21)25(36)34-17-10-7-15(8-11-17)26(37)38/h4-12,14,21-22,24,35H,13,32H2,1-3H3,(H,34,36)(H,37,38)/t21-,22-,24+,28+/m0/s1. The number of aromatic carboxylic acids is 1. The molecule has 1 aliphatic rings. The molecule has 0 unspecified atom stereocenters. The number of nitrogens with one attached hydrogen (secondary N) is 2. The van der Waals surface area contributed by atoms with Crippen LogP contribution in [0.5, 0.6) is 0 Å². The molecule has 4 rings (SSSR count). The highest BCUT2D eigenvalue weighted by molar-refractivity contribution is 9.10. The fourth-order valence-corrected chi connectivity index (χ4v) is 5.51. The van der Waals surface area contributed by atoms with Crippen molar-refractivity contribution in [2.75, 3.05) is 5.32 Å². The second kappa shape index (κ2) is 10.7. The van der Waals surface area contributed by atoms with E-state index in [2.05, 4.69) is 52.3 Å². The van der Waals surface area contributed by atoms with Gasteiger partial charge in [-0.2, -0.15) is 0 Å². The van der Waals surface area contributed by atoms with Crippen molar-refractivity contribution in [2.24, 2.45) is 11.1 Å². The molecule has 7 nitrogen and oxygen atoms in total. The van der Waals surface area contributed by atoms with Gasteiger partial charge in [0.2, 0.25) is 5.91 Å². The van der Waals surface area contributed by atoms with Crippen LogP contribution in [-0.4, -0.2) is 34.1 Å². The molecule has 0 bridgehead atoms. The first kappa shape index (κ1) is 28.2. The average molecular weight is 604 g/mol. The van der Waals surface area contributed by atoms with Crippen LogP contribution in [-0.2, 0) is 10.3 Å². The number of carbonyl (C=O) groups excluding carboxylic acids is 1. The molecule has 5 N–H and O–H groups in total.